The van der Waals surface area contributed by atoms with Crippen molar-refractivity contribution >= 4 is 29.7 Å². The lowest BCUT2D eigenvalue weighted by Gasteiger charge is -2.16. The van der Waals surface area contributed by atoms with Crippen molar-refractivity contribution < 1.29 is 4.79 Å². The van der Waals surface area contributed by atoms with Crippen molar-refractivity contribution in [1.82, 2.24) is 10.2 Å². The van der Waals surface area contributed by atoms with Gasteiger partial charge in [0.15, 0.2) is 0 Å². The standard InChI is InChI=1S/C11H18N2OS.ClH/c1-4-9-5-8-15-10(9)11(14)13(3)7-6-12-2;/h5,8,12H,4,6-7H2,1-3H3;1H. The average molecular weight is 263 g/mol. The monoisotopic (exact) mass is 262 g/mol. The molecule has 0 radical (unpaired) electrons. The number of carbonyl (C=O) groups excluding carboxylic acids is 1. The number of rotatable bonds is 5. The van der Waals surface area contributed by atoms with Crippen molar-refractivity contribution in [3.8, 4) is 0 Å². The Morgan fingerprint density at radius 1 is 1.56 bits per heavy atom. The van der Waals surface area contributed by atoms with Crippen LogP contribution in [0.4, 0.5) is 0 Å². The summed E-state index contributed by atoms with van der Waals surface area (Å²) in [6.45, 7) is 3.65. The molecule has 1 rings (SSSR count). The van der Waals surface area contributed by atoms with Gasteiger partial charge in [-0.05, 0) is 30.5 Å². The van der Waals surface area contributed by atoms with Crippen LogP contribution in [0, 0.1) is 0 Å². The van der Waals surface area contributed by atoms with Gasteiger partial charge in [-0.1, -0.05) is 6.92 Å². The molecule has 0 bridgehead atoms. The molecule has 1 amide bonds. The third kappa shape index (κ3) is 3.77. The van der Waals surface area contributed by atoms with Crippen molar-refractivity contribution in [2.24, 2.45) is 0 Å². The fourth-order valence-corrected chi connectivity index (χ4v) is 2.34. The maximum atomic E-state index is 12.0. The van der Waals surface area contributed by atoms with Crippen LogP contribution in [0.15, 0.2) is 11.4 Å². The molecule has 0 fully saturated rings. The van der Waals surface area contributed by atoms with Crippen LogP contribution < -0.4 is 5.32 Å². The number of hydrogen-bond donors (Lipinski definition) is 1. The van der Waals surface area contributed by atoms with Gasteiger partial charge in [0.25, 0.3) is 5.91 Å². The van der Waals surface area contributed by atoms with Crippen molar-refractivity contribution in [3.05, 3.63) is 21.9 Å². The van der Waals surface area contributed by atoms with Crippen LogP contribution >= 0.6 is 23.7 Å². The zero-order chi connectivity index (χ0) is 11.3. The van der Waals surface area contributed by atoms with Crippen LogP contribution in [0.25, 0.3) is 0 Å². The number of hydrogen-bond acceptors (Lipinski definition) is 3. The quantitative estimate of drug-likeness (QED) is 0.881. The summed E-state index contributed by atoms with van der Waals surface area (Å²) in [6, 6.07) is 2.03. The first-order valence-corrected chi connectivity index (χ1v) is 6.05. The molecule has 0 spiro atoms. The fraction of sp³-hybridized carbons (Fsp3) is 0.545. The van der Waals surface area contributed by atoms with E-state index in [1.807, 2.05) is 25.5 Å². The van der Waals surface area contributed by atoms with Crippen molar-refractivity contribution in [2.45, 2.75) is 13.3 Å². The van der Waals surface area contributed by atoms with E-state index < -0.39 is 0 Å². The van der Waals surface area contributed by atoms with E-state index in [2.05, 4.69) is 12.2 Å². The SMILES string of the molecule is CCc1ccsc1C(=O)N(C)CCNC.Cl. The van der Waals surface area contributed by atoms with E-state index in [-0.39, 0.29) is 18.3 Å². The van der Waals surface area contributed by atoms with E-state index in [9.17, 15) is 4.79 Å². The smallest absolute Gasteiger partial charge is 0.263 e. The highest BCUT2D eigenvalue weighted by molar-refractivity contribution is 7.12. The second-order valence-electron chi connectivity index (χ2n) is 3.46. The van der Waals surface area contributed by atoms with Gasteiger partial charge in [-0.3, -0.25) is 4.79 Å². The van der Waals surface area contributed by atoms with Crippen molar-refractivity contribution in [1.29, 1.82) is 0 Å². The Labute approximate surface area is 107 Å². The van der Waals surface area contributed by atoms with E-state index in [1.165, 1.54) is 11.3 Å². The number of carbonyl (C=O) groups is 1. The Balaban J connectivity index is 0.00000225. The summed E-state index contributed by atoms with van der Waals surface area (Å²) in [5, 5.41) is 5.02. The number of halogens is 1. The third-order valence-electron chi connectivity index (χ3n) is 2.37. The number of nitrogens with one attached hydrogen (secondary N) is 1. The summed E-state index contributed by atoms with van der Waals surface area (Å²) < 4.78 is 0. The van der Waals surface area contributed by atoms with Crippen molar-refractivity contribution in [3.63, 3.8) is 0 Å². The molecular weight excluding hydrogens is 244 g/mol. The van der Waals surface area contributed by atoms with E-state index >= 15 is 0 Å². The van der Waals surface area contributed by atoms with Gasteiger partial charge in [-0.25, -0.2) is 0 Å². The molecule has 0 aromatic carbocycles. The minimum absolute atomic E-state index is 0. The Bertz CT molecular complexity index is 328. The maximum absolute atomic E-state index is 12.0. The largest absolute Gasteiger partial charge is 0.340 e. The molecule has 0 aliphatic heterocycles. The van der Waals surface area contributed by atoms with Crippen LogP contribution in [0.5, 0.6) is 0 Å². The molecule has 1 N–H and O–H groups in total. The minimum atomic E-state index is 0. The lowest BCUT2D eigenvalue weighted by Crippen LogP contribution is -2.32. The molecule has 0 saturated heterocycles. The molecule has 0 aliphatic rings. The predicted octanol–water partition coefficient (Wildman–Crippen LogP) is 2.02. The zero-order valence-electron chi connectivity index (χ0n) is 9.95. The number of aryl methyl sites for hydroxylation is 1. The Hall–Kier alpha value is -0.580. The summed E-state index contributed by atoms with van der Waals surface area (Å²) in [5.74, 6) is 0.136. The predicted molar refractivity (Wildman–Crippen MR) is 71.8 cm³/mol. The molecule has 3 nitrogen and oxygen atoms in total. The first-order chi connectivity index (χ1) is 7.20. The molecule has 0 unspecified atom stereocenters. The second-order valence-corrected chi connectivity index (χ2v) is 4.37. The van der Waals surface area contributed by atoms with Gasteiger partial charge < -0.3 is 10.2 Å². The van der Waals surface area contributed by atoms with Gasteiger partial charge >= 0.3 is 0 Å². The van der Waals surface area contributed by atoms with Crippen molar-refractivity contribution in [2.75, 3.05) is 27.2 Å². The van der Waals surface area contributed by atoms with E-state index in [0.29, 0.717) is 0 Å². The summed E-state index contributed by atoms with van der Waals surface area (Å²) in [6.07, 6.45) is 0.921. The molecule has 0 saturated carbocycles. The van der Waals surface area contributed by atoms with E-state index in [1.54, 1.807) is 4.90 Å². The molecule has 0 aliphatic carbocycles. The average Bonchev–Trinajstić information content (AvgIpc) is 2.72. The number of nitrogens with zero attached hydrogens (tertiary/aromatic N) is 1. The molecule has 92 valence electrons. The van der Waals surface area contributed by atoms with Crippen LogP contribution in [0.2, 0.25) is 0 Å². The van der Waals surface area contributed by atoms with Gasteiger partial charge in [0, 0.05) is 20.1 Å². The van der Waals surface area contributed by atoms with Crippen LogP contribution in [-0.2, 0) is 6.42 Å². The third-order valence-corrected chi connectivity index (χ3v) is 3.31. The van der Waals surface area contributed by atoms with Crippen LogP contribution in [0.3, 0.4) is 0 Å². The molecule has 1 aromatic heterocycles. The topological polar surface area (TPSA) is 32.3 Å². The summed E-state index contributed by atoms with van der Waals surface area (Å²) in [7, 11) is 3.74. The van der Waals surface area contributed by atoms with Gasteiger partial charge in [0.05, 0.1) is 4.88 Å². The molecular formula is C11H19ClN2OS. The highest BCUT2D eigenvalue weighted by Crippen LogP contribution is 2.18. The fourth-order valence-electron chi connectivity index (χ4n) is 1.36. The van der Waals surface area contributed by atoms with Crippen LogP contribution in [0.1, 0.15) is 22.2 Å². The molecule has 1 heterocycles. The lowest BCUT2D eigenvalue weighted by atomic mass is 10.2. The summed E-state index contributed by atoms with van der Waals surface area (Å²) >= 11 is 1.53. The Kier molecular flexibility index (Phi) is 7.38. The molecule has 5 heteroatoms. The van der Waals surface area contributed by atoms with Gasteiger partial charge in [0.2, 0.25) is 0 Å². The minimum Gasteiger partial charge on any atom is -0.340 e. The number of thiophene rings is 1. The lowest BCUT2D eigenvalue weighted by molar-refractivity contribution is 0.0800. The maximum Gasteiger partial charge on any atom is 0.263 e. The molecule has 16 heavy (non-hydrogen) atoms. The van der Waals surface area contributed by atoms with Gasteiger partial charge in [0.1, 0.15) is 0 Å². The first kappa shape index (κ1) is 15.4. The summed E-state index contributed by atoms with van der Waals surface area (Å²) in [4.78, 5) is 14.7. The highest BCUT2D eigenvalue weighted by Gasteiger charge is 2.15. The highest BCUT2D eigenvalue weighted by atomic mass is 35.5. The molecule has 1 aromatic rings. The van der Waals surface area contributed by atoms with Gasteiger partial charge in [-0.2, -0.15) is 0 Å². The van der Waals surface area contributed by atoms with E-state index in [0.717, 1.165) is 30.0 Å². The van der Waals surface area contributed by atoms with Crippen LogP contribution in [-0.4, -0.2) is 38.0 Å². The normalized spacial score (nSPS) is 9.69. The van der Waals surface area contributed by atoms with Gasteiger partial charge in [-0.15, -0.1) is 23.7 Å². The Morgan fingerprint density at radius 2 is 2.25 bits per heavy atom. The number of amides is 1. The second kappa shape index (κ2) is 7.65. The zero-order valence-corrected chi connectivity index (χ0v) is 11.6. The number of likely N-dealkylation sites (N-methyl/N-ethyl adjacent to an activating group) is 2. The molecule has 0 atom stereocenters. The Morgan fingerprint density at radius 3 is 2.81 bits per heavy atom. The first-order valence-electron chi connectivity index (χ1n) is 5.17. The summed E-state index contributed by atoms with van der Waals surface area (Å²) in [5.41, 5.74) is 1.15. The van der Waals surface area contributed by atoms with E-state index in [4.69, 9.17) is 0 Å².